The van der Waals surface area contributed by atoms with Crippen molar-refractivity contribution in [1.82, 2.24) is 4.90 Å². The number of likely N-dealkylation sites (tertiary alicyclic amines) is 1. The van der Waals surface area contributed by atoms with Gasteiger partial charge in [-0.2, -0.15) is 0 Å². The Labute approximate surface area is 107 Å². The molecule has 0 amide bonds. The molecule has 1 saturated heterocycles. The van der Waals surface area contributed by atoms with E-state index in [2.05, 4.69) is 4.90 Å². The fourth-order valence-corrected chi connectivity index (χ4v) is 2.51. The minimum atomic E-state index is -0.799. The molecular formula is C14H21FN2O. The van der Waals surface area contributed by atoms with Crippen LogP contribution < -0.4 is 5.73 Å². The lowest BCUT2D eigenvalue weighted by atomic mass is 9.84. The van der Waals surface area contributed by atoms with E-state index in [1.165, 1.54) is 12.1 Å². The molecular weight excluding hydrogens is 231 g/mol. The van der Waals surface area contributed by atoms with Crippen LogP contribution in [0.3, 0.4) is 0 Å². The molecule has 0 atom stereocenters. The second-order valence-corrected chi connectivity index (χ2v) is 5.02. The first kappa shape index (κ1) is 13.5. The lowest BCUT2D eigenvalue weighted by Crippen LogP contribution is -2.43. The maximum atomic E-state index is 12.9. The van der Waals surface area contributed by atoms with Crippen LogP contribution in [0.15, 0.2) is 24.3 Å². The van der Waals surface area contributed by atoms with Gasteiger partial charge in [-0.3, -0.25) is 0 Å². The van der Waals surface area contributed by atoms with Crippen molar-refractivity contribution in [3.63, 3.8) is 0 Å². The van der Waals surface area contributed by atoms with Crippen LogP contribution in [0.2, 0.25) is 0 Å². The Hall–Kier alpha value is -0.970. The molecule has 0 radical (unpaired) electrons. The number of piperidine rings is 1. The molecule has 4 heteroatoms. The third-order valence-corrected chi connectivity index (χ3v) is 3.74. The van der Waals surface area contributed by atoms with Gasteiger partial charge in [-0.25, -0.2) is 4.39 Å². The third-order valence-electron chi connectivity index (χ3n) is 3.74. The predicted molar refractivity (Wildman–Crippen MR) is 69.6 cm³/mol. The Kier molecular flexibility index (Phi) is 4.32. The Balaban J connectivity index is 1.96. The molecule has 1 aromatic carbocycles. The third kappa shape index (κ3) is 3.07. The summed E-state index contributed by atoms with van der Waals surface area (Å²) in [7, 11) is 0. The van der Waals surface area contributed by atoms with Gasteiger partial charge in [-0.15, -0.1) is 0 Å². The van der Waals surface area contributed by atoms with Gasteiger partial charge in [0.2, 0.25) is 0 Å². The van der Waals surface area contributed by atoms with Crippen molar-refractivity contribution in [2.75, 3.05) is 26.2 Å². The summed E-state index contributed by atoms with van der Waals surface area (Å²) in [6, 6.07) is 6.19. The van der Waals surface area contributed by atoms with Crippen LogP contribution in [0.5, 0.6) is 0 Å². The van der Waals surface area contributed by atoms with Crippen molar-refractivity contribution >= 4 is 0 Å². The second-order valence-electron chi connectivity index (χ2n) is 5.02. The maximum Gasteiger partial charge on any atom is 0.123 e. The summed E-state index contributed by atoms with van der Waals surface area (Å²) in [5.41, 5.74) is 5.52. The van der Waals surface area contributed by atoms with E-state index in [-0.39, 0.29) is 5.82 Å². The van der Waals surface area contributed by atoms with Crippen molar-refractivity contribution in [2.45, 2.75) is 24.9 Å². The number of halogens is 1. The molecule has 1 heterocycles. The first-order valence-corrected chi connectivity index (χ1v) is 6.55. The number of aliphatic hydroxyl groups is 1. The van der Waals surface area contributed by atoms with Gasteiger partial charge in [0.05, 0.1) is 5.60 Å². The first-order chi connectivity index (χ1) is 8.64. The van der Waals surface area contributed by atoms with E-state index in [0.717, 1.165) is 31.6 Å². The minimum absolute atomic E-state index is 0.261. The van der Waals surface area contributed by atoms with E-state index in [0.29, 0.717) is 19.4 Å². The van der Waals surface area contributed by atoms with Crippen LogP contribution >= 0.6 is 0 Å². The summed E-state index contributed by atoms with van der Waals surface area (Å²) < 4.78 is 12.9. The van der Waals surface area contributed by atoms with Gasteiger partial charge in [-0.1, -0.05) is 12.1 Å². The Bertz CT molecular complexity index is 372. The zero-order valence-electron chi connectivity index (χ0n) is 10.6. The highest BCUT2D eigenvalue weighted by Crippen LogP contribution is 2.32. The maximum absolute atomic E-state index is 12.9. The van der Waals surface area contributed by atoms with Crippen LogP contribution in [0.25, 0.3) is 0 Å². The minimum Gasteiger partial charge on any atom is -0.385 e. The number of hydrogen-bond acceptors (Lipinski definition) is 3. The molecule has 0 aromatic heterocycles. The monoisotopic (exact) mass is 252 g/mol. The highest BCUT2D eigenvalue weighted by Gasteiger charge is 2.33. The van der Waals surface area contributed by atoms with Crippen LogP contribution in [0, 0.1) is 5.82 Å². The Morgan fingerprint density at radius 1 is 1.22 bits per heavy atom. The molecule has 1 fully saturated rings. The van der Waals surface area contributed by atoms with Gasteiger partial charge in [-0.05, 0) is 50.0 Å². The summed E-state index contributed by atoms with van der Waals surface area (Å²) in [4.78, 5) is 2.32. The smallest absolute Gasteiger partial charge is 0.123 e. The van der Waals surface area contributed by atoms with Gasteiger partial charge < -0.3 is 15.7 Å². The van der Waals surface area contributed by atoms with E-state index >= 15 is 0 Å². The topological polar surface area (TPSA) is 49.5 Å². The Morgan fingerprint density at radius 3 is 2.39 bits per heavy atom. The lowest BCUT2D eigenvalue weighted by Gasteiger charge is -2.38. The molecule has 0 saturated carbocycles. The van der Waals surface area contributed by atoms with Gasteiger partial charge in [0.1, 0.15) is 5.82 Å². The summed E-state index contributed by atoms with van der Waals surface area (Å²) in [5, 5.41) is 10.6. The van der Waals surface area contributed by atoms with Gasteiger partial charge in [0.15, 0.2) is 0 Å². The SMILES string of the molecule is NCCCN1CCC(O)(c2ccc(F)cc2)CC1. The van der Waals surface area contributed by atoms with E-state index in [9.17, 15) is 9.50 Å². The predicted octanol–water partition coefficient (Wildman–Crippen LogP) is 1.46. The summed E-state index contributed by atoms with van der Waals surface area (Å²) in [6.07, 6.45) is 2.39. The number of hydrogen-bond donors (Lipinski definition) is 2. The number of rotatable bonds is 4. The molecule has 1 aliphatic rings. The lowest BCUT2D eigenvalue weighted by molar-refractivity contribution is -0.0259. The van der Waals surface area contributed by atoms with Gasteiger partial charge in [0, 0.05) is 13.1 Å². The van der Waals surface area contributed by atoms with Crippen LogP contribution in [0.1, 0.15) is 24.8 Å². The largest absolute Gasteiger partial charge is 0.385 e. The van der Waals surface area contributed by atoms with E-state index in [1.54, 1.807) is 12.1 Å². The Morgan fingerprint density at radius 2 is 1.83 bits per heavy atom. The standard InChI is InChI=1S/C14H21FN2O/c15-13-4-2-12(3-5-13)14(18)6-10-17(11-7-14)9-1-8-16/h2-5,18H,1,6-11,16H2. The molecule has 3 nitrogen and oxygen atoms in total. The van der Waals surface area contributed by atoms with Crippen LogP contribution in [-0.2, 0) is 5.60 Å². The fourth-order valence-electron chi connectivity index (χ4n) is 2.51. The van der Waals surface area contributed by atoms with Crippen molar-refractivity contribution in [1.29, 1.82) is 0 Å². The quantitative estimate of drug-likeness (QED) is 0.853. The highest BCUT2D eigenvalue weighted by atomic mass is 19.1. The van der Waals surface area contributed by atoms with Gasteiger partial charge in [0.25, 0.3) is 0 Å². The van der Waals surface area contributed by atoms with Crippen LogP contribution in [0.4, 0.5) is 4.39 Å². The summed E-state index contributed by atoms with van der Waals surface area (Å²) in [6.45, 7) is 3.44. The van der Waals surface area contributed by atoms with Crippen molar-refractivity contribution in [3.8, 4) is 0 Å². The molecule has 0 spiro atoms. The van der Waals surface area contributed by atoms with Crippen LogP contribution in [-0.4, -0.2) is 36.2 Å². The molecule has 100 valence electrons. The van der Waals surface area contributed by atoms with Crippen molar-refractivity contribution in [2.24, 2.45) is 5.73 Å². The van der Waals surface area contributed by atoms with Crippen molar-refractivity contribution in [3.05, 3.63) is 35.6 Å². The number of nitrogens with two attached hydrogens (primary N) is 1. The van der Waals surface area contributed by atoms with Gasteiger partial charge >= 0.3 is 0 Å². The summed E-state index contributed by atoms with van der Waals surface area (Å²) >= 11 is 0. The van der Waals surface area contributed by atoms with E-state index in [4.69, 9.17) is 5.73 Å². The molecule has 0 unspecified atom stereocenters. The van der Waals surface area contributed by atoms with E-state index in [1.807, 2.05) is 0 Å². The molecule has 18 heavy (non-hydrogen) atoms. The normalized spacial score (nSPS) is 19.9. The zero-order chi connectivity index (χ0) is 13.0. The molecule has 1 aromatic rings. The molecule has 1 aliphatic heterocycles. The first-order valence-electron chi connectivity index (χ1n) is 6.55. The molecule has 2 rings (SSSR count). The number of nitrogens with zero attached hydrogens (tertiary/aromatic N) is 1. The molecule has 3 N–H and O–H groups in total. The molecule has 0 bridgehead atoms. The van der Waals surface area contributed by atoms with E-state index < -0.39 is 5.60 Å². The molecule has 0 aliphatic carbocycles. The average molecular weight is 252 g/mol. The average Bonchev–Trinajstić information content (AvgIpc) is 2.39. The fraction of sp³-hybridized carbons (Fsp3) is 0.571. The number of benzene rings is 1. The van der Waals surface area contributed by atoms with Crippen molar-refractivity contribution < 1.29 is 9.50 Å². The zero-order valence-corrected chi connectivity index (χ0v) is 10.6. The highest BCUT2D eigenvalue weighted by molar-refractivity contribution is 5.23. The summed E-state index contributed by atoms with van der Waals surface area (Å²) in [5.74, 6) is -0.261. The second kappa shape index (κ2) is 5.78.